The van der Waals surface area contributed by atoms with Crippen molar-refractivity contribution in [3.05, 3.63) is 34.9 Å². The van der Waals surface area contributed by atoms with Crippen molar-refractivity contribution < 1.29 is 4.79 Å². The number of carbonyl (C=O) groups excluding carboxylic acids is 1. The lowest BCUT2D eigenvalue weighted by Gasteiger charge is -2.03. The summed E-state index contributed by atoms with van der Waals surface area (Å²) < 4.78 is 3.06. The highest BCUT2D eigenvalue weighted by Crippen LogP contribution is 2.24. The molecule has 0 saturated heterocycles. The van der Waals surface area contributed by atoms with E-state index >= 15 is 0 Å². The molecule has 2 aromatic rings. The quantitative estimate of drug-likeness (QED) is 0.834. The van der Waals surface area contributed by atoms with E-state index in [1.54, 1.807) is 0 Å². The smallest absolute Gasteiger partial charge is 0.152 e. The van der Waals surface area contributed by atoms with Crippen LogP contribution in [0.5, 0.6) is 0 Å². The largest absolute Gasteiger partial charge is 0.340 e. The molecule has 0 aliphatic rings. The van der Waals surface area contributed by atoms with Gasteiger partial charge in [0.1, 0.15) is 0 Å². The van der Waals surface area contributed by atoms with E-state index in [2.05, 4.69) is 15.9 Å². The molecule has 0 amide bonds. The Morgan fingerprint density at radius 1 is 1.40 bits per heavy atom. The van der Waals surface area contributed by atoms with Crippen molar-refractivity contribution in [2.24, 2.45) is 0 Å². The molecule has 0 radical (unpaired) electrons. The third kappa shape index (κ3) is 1.97. The highest BCUT2D eigenvalue weighted by Gasteiger charge is 2.05. The molecule has 0 atom stereocenters. The maximum atomic E-state index is 11.4. The van der Waals surface area contributed by atoms with E-state index < -0.39 is 0 Å². The first-order valence-electron chi connectivity index (χ1n) is 4.97. The monoisotopic (exact) mass is 265 g/mol. The fourth-order valence-electron chi connectivity index (χ4n) is 1.63. The number of hydrogen-bond acceptors (Lipinski definition) is 1. The van der Waals surface area contributed by atoms with Crippen LogP contribution in [-0.4, -0.2) is 10.4 Å². The number of hydrogen-bond donors (Lipinski definition) is 0. The van der Waals surface area contributed by atoms with Gasteiger partial charge in [-0.1, -0.05) is 28.9 Å². The minimum Gasteiger partial charge on any atom is -0.340 e. The molecule has 3 heteroatoms. The molecule has 0 saturated carbocycles. The number of nitrogens with zero attached hydrogens (tertiary/aromatic N) is 1. The summed E-state index contributed by atoms with van der Waals surface area (Å²) in [5, 5.41) is 1.15. The Morgan fingerprint density at radius 3 is 2.93 bits per heavy atom. The van der Waals surface area contributed by atoms with Gasteiger partial charge >= 0.3 is 0 Å². The van der Waals surface area contributed by atoms with Crippen molar-refractivity contribution in [1.82, 2.24) is 4.57 Å². The molecule has 1 heterocycles. The van der Waals surface area contributed by atoms with Crippen LogP contribution in [0.4, 0.5) is 0 Å². The van der Waals surface area contributed by atoms with Crippen LogP contribution in [0, 0.1) is 0 Å². The number of ketones is 1. The number of halogens is 1. The van der Waals surface area contributed by atoms with Gasteiger partial charge in [0.15, 0.2) is 5.78 Å². The van der Waals surface area contributed by atoms with Crippen LogP contribution in [-0.2, 0) is 11.3 Å². The Labute approximate surface area is 97.0 Å². The standard InChI is InChI=1S/C12H12BrNO/c1-2-9(15)8-14-7-6-10-11(13)4-3-5-12(10)14/h3-7H,2,8H2,1H3. The Morgan fingerprint density at radius 2 is 2.20 bits per heavy atom. The second-order valence-corrected chi connectivity index (χ2v) is 4.36. The van der Waals surface area contributed by atoms with Crippen molar-refractivity contribution in [1.29, 1.82) is 0 Å². The van der Waals surface area contributed by atoms with E-state index in [1.165, 1.54) is 0 Å². The molecular weight excluding hydrogens is 254 g/mol. The Hall–Kier alpha value is -1.09. The van der Waals surface area contributed by atoms with E-state index in [0.717, 1.165) is 15.4 Å². The average molecular weight is 266 g/mol. The molecule has 15 heavy (non-hydrogen) atoms. The summed E-state index contributed by atoms with van der Waals surface area (Å²) in [4.78, 5) is 11.4. The van der Waals surface area contributed by atoms with Gasteiger partial charge < -0.3 is 4.57 Å². The number of rotatable bonds is 3. The fraction of sp³-hybridized carbons (Fsp3) is 0.250. The van der Waals surface area contributed by atoms with Crippen LogP contribution in [0.15, 0.2) is 34.9 Å². The predicted octanol–water partition coefficient (Wildman–Crippen LogP) is 3.38. The van der Waals surface area contributed by atoms with Gasteiger partial charge in [-0.15, -0.1) is 0 Å². The summed E-state index contributed by atoms with van der Waals surface area (Å²) in [6, 6.07) is 8.05. The molecule has 0 unspecified atom stereocenters. The van der Waals surface area contributed by atoms with Crippen LogP contribution >= 0.6 is 15.9 Å². The van der Waals surface area contributed by atoms with Crippen molar-refractivity contribution in [3.63, 3.8) is 0 Å². The molecule has 1 aromatic carbocycles. The maximum Gasteiger partial charge on any atom is 0.152 e. The van der Waals surface area contributed by atoms with Gasteiger partial charge in [-0.05, 0) is 18.2 Å². The van der Waals surface area contributed by atoms with Gasteiger partial charge in [0.05, 0.1) is 6.54 Å². The minimum absolute atomic E-state index is 0.257. The second-order valence-electron chi connectivity index (χ2n) is 3.51. The summed E-state index contributed by atoms with van der Waals surface area (Å²) in [7, 11) is 0. The van der Waals surface area contributed by atoms with E-state index in [1.807, 2.05) is 42.0 Å². The van der Waals surface area contributed by atoms with Gasteiger partial charge in [-0.3, -0.25) is 4.79 Å². The number of aromatic nitrogens is 1. The molecule has 2 nitrogen and oxygen atoms in total. The van der Waals surface area contributed by atoms with Crippen molar-refractivity contribution in [3.8, 4) is 0 Å². The first kappa shape index (κ1) is 10.4. The highest BCUT2D eigenvalue weighted by molar-refractivity contribution is 9.10. The van der Waals surface area contributed by atoms with E-state index in [-0.39, 0.29) is 5.78 Å². The first-order valence-corrected chi connectivity index (χ1v) is 5.76. The third-order valence-corrected chi connectivity index (χ3v) is 3.19. The highest BCUT2D eigenvalue weighted by atomic mass is 79.9. The van der Waals surface area contributed by atoms with Gasteiger partial charge in [-0.25, -0.2) is 0 Å². The SMILES string of the molecule is CCC(=O)Cn1ccc2c(Br)cccc21. The molecule has 0 aliphatic carbocycles. The summed E-state index contributed by atoms with van der Waals surface area (Å²) >= 11 is 3.50. The molecule has 0 aliphatic heterocycles. The number of carbonyl (C=O) groups is 1. The van der Waals surface area contributed by atoms with Crippen LogP contribution in [0.3, 0.4) is 0 Å². The Bertz CT molecular complexity index is 501. The van der Waals surface area contributed by atoms with Crippen LogP contribution in [0.1, 0.15) is 13.3 Å². The number of benzene rings is 1. The molecule has 0 fully saturated rings. The van der Waals surface area contributed by atoms with Gasteiger partial charge in [-0.2, -0.15) is 0 Å². The molecule has 2 rings (SSSR count). The van der Waals surface area contributed by atoms with Crippen LogP contribution < -0.4 is 0 Å². The molecular formula is C12H12BrNO. The third-order valence-electron chi connectivity index (χ3n) is 2.50. The van der Waals surface area contributed by atoms with E-state index in [4.69, 9.17) is 0 Å². The summed E-state index contributed by atoms with van der Waals surface area (Å²) in [6.07, 6.45) is 2.55. The average Bonchev–Trinajstić information content (AvgIpc) is 2.63. The predicted molar refractivity (Wildman–Crippen MR) is 64.9 cm³/mol. The minimum atomic E-state index is 0.257. The van der Waals surface area contributed by atoms with Crippen molar-refractivity contribution >= 4 is 32.6 Å². The summed E-state index contributed by atoms with van der Waals surface area (Å²) in [6.45, 7) is 2.36. The summed E-state index contributed by atoms with van der Waals surface area (Å²) in [5.74, 6) is 0.257. The van der Waals surface area contributed by atoms with E-state index in [9.17, 15) is 4.79 Å². The lowest BCUT2D eigenvalue weighted by atomic mass is 10.2. The topological polar surface area (TPSA) is 22.0 Å². The van der Waals surface area contributed by atoms with Crippen molar-refractivity contribution in [2.45, 2.75) is 19.9 Å². The molecule has 0 N–H and O–H groups in total. The van der Waals surface area contributed by atoms with Crippen LogP contribution in [0.2, 0.25) is 0 Å². The molecule has 1 aromatic heterocycles. The Balaban J connectivity index is 2.45. The molecule has 78 valence electrons. The number of Topliss-reactive ketones (excluding diaryl/α,β-unsaturated/α-hetero) is 1. The maximum absolute atomic E-state index is 11.4. The van der Waals surface area contributed by atoms with E-state index in [0.29, 0.717) is 13.0 Å². The molecule has 0 bridgehead atoms. The summed E-state index contributed by atoms with van der Waals surface area (Å²) in [5.41, 5.74) is 1.10. The second kappa shape index (κ2) is 4.19. The Kier molecular flexibility index (Phi) is 2.91. The zero-order valence-electron chi connectivity index (χ0n) is 8.53. The lowest BCUT2D eigenvalue weighted by Crippen LogP contribution is -2.07. The normalized spacial score (nSPS) is 10.8. The molecule has 0 spiro atoms. The van der Waals surface area contributed by atoms with Gasteiger partial charge in [0.25, 0.3) is 0 Å². The fourth-order valence-corrected chi connectivity index (χ4v) is 2.11. The first-order chi connectivity index (χ1) is 7.22. The zero-order valence-corrected chi connectivity index (χ0v) is 10.1. The lowest BCUT2D eigenvalue weighted by molar-refractivity contribution is -0.119. The van der Waals surface area contributed by atoms with Gasteiger partial charge in [0.2, 0.25) is 0 Å². The zero-order chi connectivity index (χ0) is 10.8. The van der Waals surface area contributed by atoms with Gasteiger partial charge in [0, 0.05) is 28.0 Å². The number of fused-ring (bicyclic) bond motifs is 1. The van der Waals surface area contributed by atoms with Crippen LogP contribution in [0.25, 0.3) is 10.9 Å². The van der Waals surface area contributed by atoms with Crippen molar-refractivity contribution in [2.75, 3.05) is 0 Å².